The van der Waals surface area contributed by atoms with Gasteiger partial charge in [0.1, 0.15) is 6.04 Å². The molecule has 7 nitrogen and oxygen atoms in total. The molecule has 2 rings (SSSR count). The highest BCUT2D eigenvalue weighted by Crippen LogP contribution is 2.14. The Bertz CT molecular complexity index is 792. The summed E-state index contributed by atoms with van der Waals surface area (Å²) < 4.78 is 0. The summed E-state index contributed by atoms with van der Waals surface area (Å²) >= 11 is 5.79. The van der Waals surface area contributed by atoms with E-state index in [9.17, 15) is 24.8 Å². The number of hydrogen-bond acceptors (Lipinski definition) is 4. The molecule has 0 radical (unpaired) electrons. The minimum Gasteiger partial charge on any atom is -0.480 e. The lowest BCUT2D eigenvalue weighted by Crippen LogP contribution is -2.43. The van der Waals surface area contributed by atoms with Gasteiger partial charge in [-0.15, -0.1) is 0 Å². The Kier molecular flexibility index (Phi) is 6.08. The van der Waals surface area contributed by atoms with Crippen LogP contribution in [0.2, 0.25) is 5.02 Å². The molecule has 0 aliphatic rings. The first-order chi connectivity index (χ1) is 11.8. The van der Waals surface area contributed by atoms with E-state index >= 15 is 0 Å². The van der Waals surface area contributed by atoms with Crippen LogP contribution in [0.25, 0.3) is 0 Å². The molecule has 1 atom stereocenters. The predicted molar refractivity (Wildman–Crippen MR) is 91.5 cm³/mol. The molecule has 0 unspecified atom stereocenters. The maximum absolute atomic E-state index is 12.1. The second-order valence-electron chi connectivity index (χ2n) is 5.39. The van der Waals surface area contributed by atoms with Crippen LogP contribution in [0.15, 0.2) is 48.5 Å². The van der Waals surface area contributed by atoms with Crippen molar-refractivity contribution in [2.45, 2.75) is 18.9 Å². The summed E-state index contributed by atoms with van der Waals surface area (Å²) in [6.07, 6.45) is -0.0424. The zero-order valence-corrected chi connectivity index (χ0v) is 13.8. The lowest BCUT2D eigenvalue weighted by atomic mass is 10.1. The van der Waals surface area contributed by atoms with Gasteiger partial charge in [-0.25, -0.2) is 4.79 Å². The molecule has 0 saturated carbocycles. The van der Waals surface area contributed by atoms with E-state index in [1.54, 1.807) is 30.3 Å². The largest absolute Gasteiger partial charge is 0.480 e. The lowest BCUT2D eigenvalue weighted by molar-refractivity contribution is -0.384. The van der Waals surface area contributed by atoms with Gasteiger partial charge in [-0.05, 0) is 23.3 Å². The van der Waals surface area contributed by atoms with Crippen LogP contribution in [0.5, 0.6) is 0 Å². The number of hydrogen-bond donors (Lipinski definition) is 2. The number of rotatable bonds is 7. The smallest absolute Gasteiger partial charge is 0.326 e. The Hall–Kier alpha value is -2.93. The third kappa shape index (κ3) is 5.58. The summed E-state index contributed by atoms with van der Waals surface area (Å²) in [5, 5.41) is 23.0. The van der Waals surface area contributed by atoms with Crippen molar-refractivity contribution in [1.29, 1.82) is 0 Å². The van der Waals surface area contributed by atoms with Crippen LogP contribution in [0.4, 0.5) is 5.69 Å². The number of carboxylic acids is 1. The van der Waals surface area contributed by atoms with E-state index in [0.717, 1.165) is 0 Å². The van der Waals surface area contributed by atoms with E-state index in [2.05, 4.69) is 5.32 Å². The van der Waals surface area contributed by atoms with Gasteiger partial charge in [0.05, 0.1) is 11.3 Å². The number of non-ortho nitro benzene ring substituents is 1. The number of benzene rings is 2. The van der Waals surface area contributed by atoms with Gasteiger partial charge in [0.15, 0.2) is 0 Å². The van der Waals surface area contributed by atoms with Gasteiger partial charge < -0.3 is 10.4 Å². The van der Waals surface area contributed by atoms with Gasteiger partial charge in [-0.2, -0.15) is 0 Å². The number of nitrogens with one attached hydrogen (secondary N) is 1. The van der Waals surface area contributed by atoms with E-state index in [-0.39, 0.29) is 18.5 Å². The summed E-state index contributed by atoms with van der Waals surface area (Å²) in [6, 6.07) is 11.2. The quantitative estimate of drug-likeness (QED) is 0.581. The van der Waals surface area contributed by atoms with Crippen molar-refractivity contribution in [3.63, 3.8) is 0 Å². The van der Waals surface area contributed by atoms with Crippen molar-refractivity contribution < 1.29 is 19.6 Å². The van der Waals surface area contributed by atoms with Crippen molar-refractivity contribution >= 4 is 29.2 Å². The summed E-state index contributed by atoms with van der Waals surface area (Å²) in [5.74, 6) is -1.69. The summed E-state index contributed by atoms with van der Waals surface area (Å²) in [5.41, 5.74) is 1.02. The fourth-order valence-corrected chi connectivity index (χ4v) is 2.39. The van der Waals surface area contributed by atoms with Gasteiger partial charge in [0.25, 0.3) is 5.69 Å². The van der Waals surface area contributed by atoms with Crippen LogP contribution in [-0.2, 0) is 22.4 Å². The van der Waals surface area contributed by atoms with Crippen LogP contribution in [-0.4, -0.2) is 27.9 Å². The minimum atomic E-state index is -1.16. The molecule has 25 heavy (non-hydrogen) atoms. The first-order valence-electron chi connectivity index (χ1n) is 7.35. The van der Waals surface area contributed by atoms with Gasteiger partial charge in [-0.3, -0.25) is 14.9 Å². The van der Waals surface area contributed by atoms with Gasteiger partial charge >= 0.3 is 5.97 Å². The molecular formula is C17H15ClN2O5. The van der Waals surface area contributed by atoms with Crippen LogP contribution < -0.4 is 5.32 Å². The Morgan fingerprint density at radius 1 is 1.16 bits per heavy atom. The van der Waals surface area contributed by atoms with Gasteiger partial charge in [0, 0.05) is 23.6 Å². The SMILES string of the molecule is O=C(Cc1cccc([N+](=O)[O-])c1)N[C@@H](Cc1ccc(Cl)cc1)C(=O)O. The third-order valence-corrected chi connectivity index (χ3v) is 3.72. The van der Waals surface area contributed by atoms with E-state index < -0.39 is 22.8 Å². The molecule has 0 aromatic heterocycles. The molecule has 0 fully saturated rings. The summed E-state index contributed by atoms with van der Waals surface area (Å²) in [6.45, 7) is 0. The van der Waals surface area contributed by atoms with Crippen LogP contribution in [0.1, 0.15) is 11.1 Å². The van der Waals surface area contributed by atoms with Crippen LogP contribution in [0.3, 0.4) is 0 Å². The fourth-order valence-electron chi connectivity index (χ4n) is 2.27. The molecule has 0 heterocycles. The number of nitro groups is 1. The number of aliphatic carboxylic acids is 1. The molecule has 0 aliphatic carbocycles. The molecule has 8 heteroatoms. The van der Waals surface area contributed by atoms with Crippen molar-refractivity contribution in [1.82, 2.24) is 5.32 Å². The van der Waals surface area contributed by atoms with E-state index in [1.807, 2.05) is 0 Å². The molecule has 0 saturated heterocycles. The van der Waals surface area contributed by atoms with Crippen molar-refractivity contribution in [2.24, 2.45) is 0 Å². The predicted octanol–water partition coefficient (Wildman–Crippen LogP) is 2.60. The van der Waals surface area contributed by atoms with Gasteiger partial charge in [-0.1, -0.05) is 35.9 Å². The minimum absolute atomic E-state index is 0.104. The molecule has 0 aliphatic heterocycles. The van der Waals surface area contributed by atoms with E-state index in [0.29, 0.717) is 16.1 Å². The highest BCUT2D eigenvalue weighted by atomic mass is 35.5. The maximum Gasteiger partial charge on any atom is 0.326 e. The number of carbonyl (C=O) groups is 2. The molecule has 2 N–H and O–H groups in total. The van der Waals surface area contributed by atoms with Crippen molar-refractivity contribution in [3.05, 3.63) is 74.8 Å². The standard InChI is InChI=1S/C17H15ClN2O5/c18-13-6-4-11(5-7-13)9-15(17(22)23)19-16(21)10-12-2-1-3-14(8-12)20(24)25/h1-8,15H,9-10H2,(H,19,21)(H,22,23)/t15-/m0/s1. The first kappa shape index (κ1) is 18.4. The number of carbonyl (C=O) groups excluding carboxylic acids is 1. The molecule has 0 spiro atoms. The topological polar surface area (TPSA) is 110 Å². The number of amides is 1. The Labute approximate surface area is 148 Å². The summed E-state index contributed by atoms with van der Waals surface area (Å²) in [4.78, 5) is 33.7. The zero-order valence-electron chi connectivity index (χ0n) is 13.0. The lowest BCUT2D eigenvalue weighted by Gasteiger charge is -2.15. The molecular weight excluding hydrogens is 348 g/mol. The monoisotopic (exact) mass is 362 g/mol. The molecule has 1 amide bonds. The highest BCUT2D eigenvalue weighted by molar-refractivity contribution is 6.30. The van der Waals surface area contributed by atoms with Crippen molar-refractivity contribution in [3.8, 4) is 0 Å². The first-order valence-corrected chi connectivity index (χ1v) is 7.73. The van der Waals surface area contributed by atoms with Crippen LogP contribution >= 0.6 is 11.6 Å². The second kappa shape index (κ2) is 8.25. The van der Waals surface area contributed by atoms with E-state index in [4.69, 9.17) is 11.6 Å². The highest BCUT2D eigenvalue weighted by Gasteiger charge is 2.21. The Balaban J connectivity index is 2.02. The number of carboxylic acid groups (broad SMARTS) is 1. The number of nitrogens with zero attached hydrogens (tertiary/aromatic N) is 1. The van der Waals surface area contributed by atoms with Gasteiger partial charge in [0.2, 0.25) is 5.91 Å². The van der Waals surface area contributed by atoms with E-state index in [1.165, 1.54) is 18.2 Å². The molecule has 2 aromatic rings. The average Bonchev–Trinajstić information content (AvgIpc) is 2.56. The Morgan fingerprint density at radius 2 is 1.84 bits per heavy atom. The zero-order chi connectivity index (χ0) is 18.4. The molecule has 130 valence electrons. The number of halogens is 1. The molecule has 2 aromatic carbocycles. The second-order valence-corrected chi connectivity index (χ2v) is 5.83. The van der Waals surface area contributed by atoms with Crippen LogP contribution in [0, 0.1) is 10.1 Å². The maximum atomic E-state index is 12.1. The third-order valence-electron chi connectivity index (χ3n) is 3.47. The average molecular weight is 363 g/mol. The van der Waals surface area contributed by atoms with Crippen molar-refractivity contribution in [2.75, 3.05) is 0 Å². The summed E-state index contributed by atoms with van der Waals surface area (Å²) in [7, 11) is 0. The molecule has 0 bridgehead atoms. The fraction of sp³-hybridized carbons (Fsp3) is 0.176. The number of nitro benzene ring substituents is 1. The Morgan fingerprint density at radius 3 is 2.44 bits per heavy atom. The normalized spacial score (nSPS) is 11.6.